The number of pyridine rings is 1. The second kappa shape index (κ2) is 5.50. The van der Waals surface area contributed by atoms with Gasteiger partial charge in [0, 0.05) is 6.20 Å². The first-order valence-corrected chi connectivity index (χ1v) is 8.95. The van der Waals surface area contributed by atoms with Gasteiger partial charge in [0.05, 0.1) is 22.3 Å². The van der Waals surface area contributed by atoms with Crippen LogP contribution in [0.3, 0.4) is 0 Å². The maximum absolute atomic E-state index is 13.0. The van der Waals surface area contributed by atoms with Crippen LogP contribution >= 0.6 is 11.3 Å². The normalized spacial score (nSPS) is 19.1. The highest BCUT2D eigenvalue weighted by Gasteiger charge is 2.43. The summed E-state index contributed by atoms with van der Waals surface area (Å²) in [5.74, 6) is -0.466. The zero-order valence-electron chi connectivity index (χ0n) is 13.4. The summed E-state index contributed by atoms with van der Waals surface area (Å²) in [6.45, 7) is 0. The van der Waals surface area contributed by atoms with Crippen LogP contribution in [0.2, 0.25) is 0 Å². The van der Waals surface area contributed by atoms with Crippen LogP contribution in [0.15, 0.2) is 47.5 Å². The fraction of sp³-hybridized carbons (Fsp3) is 0.167. The third-order valence-electron chi connectivity index (χ3n) is 4.50. The Morgan fingerprint density at radius 1 is 1.27 bits per heavy atom. The minimum absolute atomic E-state index is 0.0752. The molecular formula is C18H13FN4O2S. The number of imidazole rings is 1. The van der Waals surface area contributed by atoms with Gasteiger partial charge in [-0.3, -0.25) is 9.59 Å². The van der Waals surface area contributed by atoms with E-state index >= 15 is 0 Å². The quantitative estimate of drug-likeness (QED) is 0.583. The number of fused-ring (bicyclic) bond motifs is 2. The van der Waals surface area contributed by atoms with Crippen LogP contribution in [0, 0.1) is 5.92 Å². The Hall–Kier alpha value is -3.00. The third kappa shape index (κ3) is 2.59. The van der Waals surface area contributed by atoms with E-state index in [1.165, 1.54) is 11.3 Å². The number of amides is 1. The van der Waals surface area contributed by atoms with Crippen LogP contribution in [-0.4, -0.2) is 26.4 Å². The van der Waals surface area contributed by atoms with E-state index in [9.17, 15) is 14.0 Å². The fourth-order valence-corrected chi connectivity index (χ4v) is 3.73. The SMILES string of the molecule is O=C(Nc1cn2cc(-c3ccc4sc(=O)[nH]c4c3)ccc2n1)[C@@H]1C[C@@H]1F. The molecule has 0 spiro atoms. The Kier molecular flexibility index (Phi) is 3.23. The highest BCUT2D eigenvalue weighted by molar-refractivity contribution is 7.16. The van der Waals surface area contributed by atoms with Crippen molar-refractivity contribution in [3.63, 3.8) is 0 Å². The summed E-state index contributed by atoms with van der Waals surface area (Å²) in [7, 11) is 0. The van der Waals surface area contributed by atoms with Gasteiger partial charge in [-0.15, -0.1) is 0 Å². The number of alkyl halides is 1. The van der Waals surface area contributed by atoms with Crippen LogP contribution in [-0.2, 0) is 4.79 Å². The molecule has 0 aliphatic heterocycles. The van der Waals surface area contributed by atoms with Crippen molar-refractivity contribution in [2.24, 2.45) is 5.92 Å². The highest BCUT2D eigenvalue weighted by atomic mass is 32.1. The summed E-state index contributed by atoms with van der Waals surface area (Å²) >= 11 is 1.18. The van der Waals surface area contributed by atoms with E-state index in [1.807, 2.05) is 40.9 Å². The number of carbonyl (C=O) groups excluding carboxylic acids is 1. The number of benzene rings is 1. The standard InChI is InChI=1S/C18H13FN4O2S/c19-12-6-11(12)17(24)22-15-8-23-7-10(2-4-16(23)21-15)9-1-3-14-13(5-9)20-18(25)26-14/h1-5,7-8,11-12H,6H2,(H,20,25)(H,22,24)/t11-,12+/m1/s1. The number of halogens is 1. The summed E-state index contributed by atoms with van der Waals surface area (Å²) in [5.41, 5.74) is 3.40. The van der Waals surface area contributed by atoms with E-state index in [1.54, 1.807) is 6.20 Å². The predicted octanol–water partition coefficient (Wildman–Crippen LogP) is 3.20. The molecule has 1 amide bonds. The number of aromatic amines is 1. The molecular weight excluding hydrogens is 355 g/mol. The van der Waals surface area contributed by atoms with Crippen molar-refractivity contribution in [3.05, 3.63) is 52.4 Å². The molecule has 26 heavy (non-hydrogen) atoms. The van der Waals surface area contributed by atoms with E-state index < -0.39 is 12.1 Å². The topological polar surface area (TPSA) is 79.3 Å². The average Bonchev–Trinajstić information content (AvgIpc) is 3.04. The summed E-state index contributed by atoms with van der Waals surface area (Å²) < 4.78 is 15.7. The summed E-state index contributed by atoms with van der Waals surface area (Å²) in [6, 6.07) is 9.59. The zero-order valence-corrected chi connectivity index (χ0v) is 14.2. The van der Waals surface area contributed by atoms with Gasteiger partial charge in [-0.25, -0.2) is 9.37 Å². The van der Waals surface area contributed by atoms with Gasteiger partial charge in [-0.1, -0.05) is 17.4 Å². The summed E-state index contributed by atoms with van der Waals surface area (Å²) in [5, 5.41) is 2.66. The number of nitrogens with one attached hydrogen (secondary N) is 2. The molecule has 1 aliphatic rings. The Labute approximate surface area is 150 Å². The van der Waals surface area contributed by atoms with Crippen molar-refractivity contribution in [2.45, 2.75) is 12.6 Å². The molecule has 0 radical (unpaired) electrons. The number of carbonyl (C=O) groups is 1. The van der Waals surface area contributed by atoms with Crippen molar-refractivity contribution in [1.82, 2.24) is 14.4 Å². The van der Waals surface area contributed by atoms with Crippen LogP contribution in [0.1, 0.15) is 6.42 Å². The largest absolute Gasteiger partial charge is 0.312 e. The first-order valence-electron chi connectivity index (χ1n) is 8.14. The monoisotopic (exact) mass is 368 g/mol. The molecule has 130 valence electrons. The molecule has 6 nitrogen and oxygen atoms in total. The third-order valence-corrected chi connectivity index (χ3v) is 5.37. The van der Waals surface area contributed by atoms with E-state index in [0.29, 0.717) is 11.5 Å². The van der Waals surface area contributed by atoms with Crippen LogP contribution in [0.25, 0.3) is 27.0 Å². The van der Waals surface area contributed by atoms with Crippen molar-refractivity contribution in [3.8, 4) is 11.1 Å². The summed E-state index contributed by atoms with van der Waals surface area (Å²) in [4.78, 5) is 30.4. The lowest BCUT2D eigenvalue weighted by molar-refractivity contribution is -0.117. The Morgan fingerprint density at radius 2 is 2.08 bits per heavy atom. The van der Waals surface area contributed by atoms with Gasteiger partial charge in [0.1, 0.15) is 11.8 Å². The molecule has 0 unspecified atom stereocenters. The molecule has 2 atom stereocenters. The molecule has 2 N–H and O–H groups in total. The van der Waals surface area contributed by atoms with Crippen molar-refractivity contribution in [1.29, 1.82) is 0 Å². The Morgan fingerprint density at radius 3 is 2.88 bits per heavy atom. The Bertz CT molecular complexity index is 1220. The van der Waals surface area contributed by atoms with Crippen molar-refractivity contribution < 1.29 is 9.18 Å². The minimum atomic E-state index is -1.03. The molecule has 4 aromatic rings. The second-order valence-electron chi connectivity index (χ2n) is 6.38. The number of H-pyrrole nitrogens is 1. The fourth-order valence-electron chi connectivity index (χ4n) is 3.01. The average molecular weight is 368 g/mol. The molecule has 1 aliphatic carbocycles. The molecule has 1 aromatic carbocycles. The highest BCUT2D eigenvalue weighted by Crippen LogP contribution is 2.34. The molecule has 8 heteroatoms. The van der Waals surface area contributed by atoms with Crippen molar-refractivity contribution in [2.75, 3.05) is 5.32 Å². The zero-order chi connectivity index (χ0) is 17.8. The maximum Gasteiger partial charge on any atom is 0.305 e. The molecule has 0 saturated heterocycles. The lowest BCUT2D eigenvalue weighted by Gasteiger charge is -2.03. The van der Waals surface area contributed by atoms with Crippen LogP contribution < -0.4 is 10.2 Å². The number of aromatic nitrogens is 3. The van der Waals surface area contributed by atoms with Crippen LogP contribution in [0.4, 0.5) is 10.2 Å². The minimum Gasteiger partial charge on any atom is -0.312 e. The number of nitrogens with zero attached hydrogens (tertiary/aromatic N) is 2. The van der Waals surface area contributed by atoms with E-state index in [2.05, 4.69) is 15.3 Å². The molecule has 5 rings (SSSR count). The van der Waals surface area contributed by atoms with E-state index in [0.717, 1.165) is 21.3 Å². The van der Waals surface area contributed by atoms with Gasteiger partial charge in [-0.05, 0) is 41.8 Å². The van der Waals surface area contributed by atoms with Gasteiger partial charge >= 0.3 is 4.87 Å². The maximum atomic E-state index is 13.0. The van der Waals surface area contributed by atoms with E-state index in [-0.39, 0.29) is 17.2 Å². The van der Waals surface area contributed by atoms with Gasteiger partial charge in [-0.2, -0.15) is 0 Å². The number of rotatable bonds is 3. The number of anilines is 1. The van der Waals surface area contributed by atoms with Crippen LogP contribution in [0.5, 0.6) is 0 Å². The Balaban J connectivity index is 1.48. The molecule has 1 saturated carbocycles. The molecule has 3 heterocycles. The van der Waals surface area contributed by atoms with Gasteiger partial charge in [0.25, 0.3) is 0 Å². The molecule has 0 bridgehead atoms. The first-order chi connectivity index (χ1) is 12.6. The lowest BCUT2D eigenvalue weighted by Crippen LogP contribution is -2.15. The number of hydrogen-bond acceptors (Lipinski definition) is 4. The van der Waals surface area contributed by atoms with Gasteiger partial charge in [0.2, 0.25) is 5.91 Å². The number of thiazole rings is 1. The van der Waals surface area contributed by atoms with E-state index in [4.69, 9.17) is 0 Å². The molecule has 3 aromatic heterocycles. The predicted molar refractivity (Wildman–Crippen MR) is 98.3 cm³/mol. The summed E-state index contributed by atoms with van der Waals surface area (Å²) in [6.07, 6.45) is 2.86. The smallest absolute Gasteiger partial charge is 0.305 e. The van der Waals surface area contributed by atoms with Crippen molar-refractivity contribution >= 4 is 38.9 Å². The number of hydrogen-bond donors (Lipinski definition) is 2. The first kappa shape index (κ1) is 15.3. The molecule has 1 fully saturated rings. The van der Waals surface area contributed by atoms with Gasteiger partial charge < -0.3 is 14.7 Å². The lowest BCUT2D eigenvalue weighted by atomic mass is 10.1. The van der Waals surface area contributed by atoms with Gasteiger partial charge in [0.15, 0.2) is 5.82 Å². The second-order valence-corrected chi connectivity index (χ2v) is 7.40.